The molecule has 0 bridgehead atoms. The Labute approximate surface area is 156 Å². The molecule has 0 fully saturated rings. The lowest BCUT2D eigenvalue weighted by Gasteiger charge is -2.11. The number of hydrogen-bond acceptors (Lipinski definition) is 4. The summed E-state index contributed by atoms with van der Waals surface area (Å²) < 4.78 is 1.72. The van der Waals surface area contributed by atoms with Gasteiger partial charge < -0.3 is 5.32 Å². The fourth-order valence-electron chi connectivity index (χ4n) is 3.03. The highest BCUT2D eigenvalue weighted by atomic mass is 16.1. The predicted octanol–water partition coefficient (Wildman–Crippen LogP) is 3.27. The van der Waals surface area contributed by atoms with E-state index in [4.69, 9.17) is 4.98 Å². The van der Waals surface area contributed by atoms with E-state index in [1.807, 2.05) is 56.6 Å². The molecule has 0 aliphatic carbocycles. The zero-order valence-electron chi connectivity index (χ0n) is 15.2. The van der Waals surface area contributed by atoms with Crippen molar-refractivity contribution in [1.82, 2.24) is 25.1 Å². The van der Waals surface area contributed by atoms with Gasteiger partial charge >= 0.3 is 0 Å². The van der Waals surface area contributed by atoms with Gasteiger partial charge in [0.1, 0.15) is 0 Å². The molecule has 6 nitrogen and oxygen atoms in total. The van der Waals surface area contributed by atoms with E-state index in [1.54, 1.807) is 23.3 Å². The number of nitrogens with one attached hydrogen (secondary N) is 1. The summed E-state index contributed by atoms with van der Waals surface area (Å²) in [5.74, 6) is -0.137. The van der Waals surface area contributed by atoms with Crippen LogP contribution in [0.2, 0.25) is 0 Å². The number of pyridine rings is 2. The summed E-state index contributed by atoms with van der Waals surface area (Å²) in [4.78, 5) is 21.8. The standard InChI is InChI=1S/C21H19N5O/c1-14-5-6-19-17(8-14)18(9-20(25-19)16-4-3-7-22-12-16)21(27)23-10-15-11-24-26(2)13-15/h3-9,11-13H,10H2,1-2H3,(H,23,27). The third-order valence-electron chi connectivity index (χ3n) is 4.38. The average molecular weight is 357 g/mol. The summed E-state index contributed by atoms with van der Waals surface area (Å²) in [5.41, 5.74) is 5.03. The molecule has 134 valence electrons. The second-order valence-electron chi connectivity index (χ2n) is 6.52. The summed E-state index contributed by atoms with van der Waals surface area (Å²) in [5, 5.41) is 7.95. The Hall–Kier alpha value is -3.54. The van der Waals surface area contributed by atoms with Gasteiger partial charge in [-0.3, -0.25) is 14.5 Å². The topological polar surface area (TPSA) is 72.7 Å². The Balaban J connectivity index is 1.74. The summed E-state index contributed by atoms with van der Waals surface area (Å²) in [6, 6.07) is 11.6. The lowest BCUT2D eigenvalue weighted by atomic mass is 10.0. The van der Waals surface area contributed by atoms with Crippen LogP contribution in [0.25, 0.3) is 22.2 Å². The van der Waals surface area contributed by atoms with Gasteiger partial charge in [-0.25, -0.2) is 4.98 Å². The molecule has 0 saturated heterocycles. The number of nitrogens with zero attached hydrogens (tertiary/aromatic N) is 4. The largest absolute Gasteiger partial charge is 0.348 e. The van der Waals surface area contributed by atoms with E-state index in [0.29, 0.717) is 12.1 Å². The van der Waals surface area contributed by atoms with Crippen LogP contribution in [-0.2, 0) is 13.6 Å². The normalized spacial score (nSPS) is 10.9. The number of hydrogen-bond donors (Lipinski definition) is 1. The van der Waals surface area contributed by atoms with Crippen LogP contribution in [0, 0.1) is 6.92 Å². The number of amides is 1. The zero-order valence-corrected chi connectivity index (χ0v) is 15.2. The van der Waals surface area contributed by atoms with Crippen LogP contribution in [0.5, 0.6) is 0 Å². The molecule has 1 amide bonds. The van der Waals surface area contributed by atoms with Crippen molar-refractivity contribution in [3.05, 3.63) is 77.9 Å². The van der Waals surface area contributed by atoms with Crippen LogP contribution in [0.1, 0.15) is 21.5 Å². The molecule has 1 N–H and O–H groups in total. The molecule has 0 saturated carbocycles. The van der Waals surface area contributed by atoms with E-state index in [-0.39, 0.29) is 5.91 Å². The molecule has 0 aliphatic rings. The van der Waals surface area contributed by atoms with Gasteiger partial charge in [0.15, 0.2) is 0 Å². The fourth-order valence-corrected chi connectivity index (χ4v) is 3.03. The van der Waals surface area contributed by atoms with Crippen molar-refractivity contribution < 1.29 is 4.79 Å². The summed E-state index contributed by atoms with van der Waals surface area (Å²) >= 11 is 0. The minimum atomic E-state index is -0.137. The summed E-state index contributed by atoms with van der Waals surface area (Å²) in [7, 11) is 1.85. The van der Waals surface area contributed by atoms with Crippen LogP contribution in [-0.4, -0.2) is 25.7 Å². The molecule has 27 heavy (non-hydrogen) atoms. The Morgan fingerprint density at radius 3 is 2.81 bits per heavy atom. The highest BCUT2D eigenvalue weighted by Crippen LogP contribution is 2.25. The molecule has 0 radical (unpaired) electrons. The van der Waals surface area contributed by atoms with Crippen molar-refractivity contribution in [2.24, 2.45) is 7.05 Å². The molecule has 4 aromatic rings. The van der Waals surface area contributed by atoms with Gasteiger partial charge in [-0.1, -0.05) is 11.6 Å². The Morgan fingerprint density at radius 2 is 2.07 bits per heavy atom. The van der Waals surface area contributed by atoms with Crippen molar-refractivity contribution in [2.45, 2.75) is 13.5 Å². The van der Waals surface area contributed by atoms with Gasteiger partial charge in [0.05, 0.1) is 23.0 Å². The van der Waals surface area contributed by atoms with Gasteiger partial charge in [-0.05, 0) is 37.3 Å². The van der Waals surface area contributed by atoms with Crippen LogP contribution in [0.4, 0.5) is 0 Å². The number of aromatic nitrogens is 4. The Kier molecular flexibility index (Phi) is 4.38. The molecule has 3 heterocycles. The third-order valence-corrected chi connectivity index (χ3v) is 4.38. The minimum Gasteiger partial charge on any atom is -0.348 e. The third kappa shape index (κ3) is 3.55. The van der Waals surface area contributed by atoms with Crippen molar-refractivity contribution in [2.75, 3.05) is 0 Å². The molecule has 6 heteroatoms. The van der Waals surface area contributed by atoms with Gasteiger partial charge in [-0.2, -0.15) is 5.10 Å². The second kappa shape index (κ2) is 6.99. The first-order valence-electron chi connectivity index (χ1n) is 8.68. The maximum Gasteiger partial charge on any atom is 0.252 e. The first kappa shape index (κ1) is 16.9. The first-order chi connectivity index (χ1) is 13.1. The second-order valence-corrected chi connectivity index (χ2v) is 6.52. The van der Waals surface area contributed by atoms with Gasteiger partial charge in [-0.15, -0.1) is 0 Å². The zero-order chi connectivity index (χ0) is 18.8. The number of fused-ring (bicyclic) bond motifs is 1. The van der Waals surface area contributed by atoms with E-state index in [2.05, 4.69) is 15.4 Å². The van der Waals surface area contributed by atoms with E-state index in [9.17, 15) is 4.79 Å². The quantitative estimate of drug-likeness (QED) is 0.608. The Bertz CT molecular complexity index is 1120. The van der Waals surface area contributed by atoms with Crippen molar-refractivity contribution in [3.8, 4) is 11.3 Å². The van der Waals surface area contributed by atoms with Crippen molar-refractivity contribution >= 4 is 16.8 Å². The van der Waals surface area contributed by atoms with Gasteiger partial charge in [0, 0.05) is 48.7 Å². The van der Waals surface area contributed by atoms with E-state index < -0.39 is 0 Å². The molecule has 0 atom stereocenters. The Morgan fingerprint density at radius 1 is 1.19 bits per heavy atom. The van der Waals surface area contributed by atoms with Gasteiger partial charge in [0.2, 0.25) is 0 Å². The molecule has 0 spiro atoms. The smallest absolute Gasteiger partial charge is 0.252 e. The first-order valence-corrected chi connectivity index (χ1v) is 8.68. The number of aryl methyl sites for hydroxylation is 2. The number of carbonyl (C=O) groups is 1. The molecule has 3 aromatic heterocycles. The average Bonchev–Trinajstić information content (AvgIpc) is 3.11. The lowest BCUT2D eigenvalue weighted by Crippen LogP contribution is -2.23. The molecule has 0 unspecified atom stereocenters. The SMILES string of the molecule is Cc1ccc2nc(-c3cccnc3)cc(C(=O)NCc3cnn(C)c3)c2c1. The van der Waals surface area contributed by atoms with E-state index in [0.717, 1.165) is 33.3 Å². The molecule has 0 aliphatic heterocycles. The molecule has 4 rings (SSSR count). The number of carbonyl (C=O) groups excluding carboxylic acids is 1. The minimum absolute atomic E-state index is 0.137. The summed E-state index contributed by atoms with van der Waals surface area (Å²) in [6.07, 6.45) is 7.10. The highest BCUT2D eigenvalue weighted by molar-refractivity contribution is 6.07. The lowest BCUT2D eigenvalue weighted by molar-refractivity contribution is 0.0952. The van der Waals surface area contributed by atoms with Crippen molar-refractivity contribution in [3.63, 3.8) is 0 Å². The maximum atomic E-state index is 13.0. The number of rotatable bonds is 4. The van der Waals surface area contributed by atoms with E-state index in [1.165, 1.54) is 0 Å². The highest BCUT2D eigenvalue weighted by Gasteiger charge is 2.14. The predicted molar refractivity (Wildman–Crippen MR) is 104 cm³/mol. The molecule has 1 aromatic carbocycles. The fraction of sp³-hybridized carbons (Fsp3) is 0.143. The van der Waals surface area contributed by atoms with Crippen LogP contribution >= 0.6 is 0 Å². The van der Waals surface area contributed by atoms with Crippen LogP contribution in [0.3, 0.4) is 0 Å². The van der Waals surface area contributed by atoms with Gasteiger partial charge in [0.25, 0.3) is 5.91 Å². The summed E-state index contributed by atoms with van der Waals surface area (Å²) in [6.45, 7) is 2.43. The monoisotopic (exact) mass is 357 g/mol. The van der Waals surface area contributed by atoms with Crippen LogP contribution in [0.15, 0.2) is 61.2 Å². The molecular weight excluding hydrogens is 338 g/mol. The van der Waals surface area contributed by atoms with Crippen LogP contribution < -0.4 is 5.32 Å². The van der Waals surface area contributed by atoms with Crippen molar-refractivity contribution in [1.29, 1.82) is 0 Å². The number of benzene rings is 1. The maximum absolute atomic E-state index is 13.0. The molecular formula is C21H19N5O. The van der Waals surface area contributed by atoms with E-state index >= 15 is 0 Å².